The summed E-state index contributed by atoms with van der Waals surface area (Å²) in [6.45, 7) is 0. The van der Waals surface area contributed by atoms with Crippen LogP contribution in [0.25, 0.3) is 74.7 Å². The highest BCUT2D eigenvalue weighted by Gasteiger charge is 2.14. The molecular weight excluding hydrogens is 492 g/mol. The van der Waals surface area contributed by atoms with Crippen LogP contribution in [0.3, 0.4) is 0 Å². The molecule has 0 atom stereocenters. The predicted molar refractivity (Wildman–Crippen MR) is 165 cm³/mol. The fourth-order valence-corrected chi connectivity index (χ4v) is 5.29. The van der Waals surface area contributed by atoms with E-state index in [0.717, 1.165) is 78.9 Å². The highest BCUT2D eigenvalue weighted by atomic mass is 16.1. The molecule has 0 saturated heterocycles. The van der Waals surface area contributed by atoms with Crippen LogP contribution in [0.4, 0.5) is 0 Å². The molecule has 0 amide bonds. The standard InChI is InChI=1S/C35H24N4O/c40-21-7-12-27-28-17-19-32(38-28)34(23-8-3-1-4-9-23)30-15-13-25(36-30)22-26-14-16-31(37-26)35(24-10-5-2-6-11-24)33-20-18-29(27)39-33/h1-22,36,39H/b12-7+,25-22?,26-22?,28-27?,29-27?,34-30?,34-32?,35-31?,35-33?. The molecule has 0 fully saturated rings. The molecule has 5 nitrogen and oxygen atoms in total. The summed E-state index contributed by atoms with van der Waals surface area (Å²) in [5, 5.41) is 0. The summed E-state index contributed by atoms with van der Waals surface area (Å²) in [5.74, 6) is 0. The minimum Gasteiger partial charge on any atom is -0.355 e. The molecule has 5 aromatic rings. The van der Waals surface area contributed by atoms with Crippen molar-refractivity contribution in [1.29, 1.82) is 0 Å². The van der Waals surface area contributed by atoms with E-state index in [0.29, 0.717) is 0 Å². The molecule has 190 valence electrons. The Balaban J connectivity index is 1.64. The van der Waals surface area contributed by atoms with Crippen molar-refractivity contribution < 1.29 is 4.79 Å². The highest BCUT2D eigenvalue weighted by molar-refractivity contribution is 5.95. The van der Waals surface area contributed by atoms with Crippen LogP contribution in [-0.4, -0.2) is 26.2 Å². The molecule has 3 aromatic heterocycles. The third kappa shape index (κ3) is 4.29. The fourth-order valence-electron chi connectivity index (χ4n) is 5.29. The van der Waals surface area contributed by atoms with Gasteiger partial charge in [-0.1, -0.05) is 60.7 Å². The summed E-state index contributed by atoms with van der Waals surface area (Å²) in [7, 11) is 0. The lowest BCUT2D eigenvalue weighted by atomic mass is 10.0. The van der Waals surface area contributed by atoms with Gasteiger partial charge in [-0.3, -0.25) is 4.79 Å². The number of aromatic nitrogens is 4. The molecule has 0 aliphatic carbocycles. The number of nitrogens with one attached hydrogen (secondary N) is 2. The van der Waals surface area contributed by atoms with E-state index in [1.54, 1.807) is 0 Å². The Bertz CT molecular complexity index is 1970. The molecule has 0 unspecified atom stereocenters. The number of aromatic amines is 2. The van der Waals surface area contributed by atoms with Gasteiger partial charge in [0.2, 0.25) is 0 Å². The van der Waals surface area contributed by atoms with Gasteiger partial charge in [-0.15, -0.1) is 0 Å². The largest absolute Gasteiger partial charge is 0.355 e. The van der Waals surface area contributed by atoms with Crippen LogP contribution in [-0.2, 0) is 4.79 Å². The van der Waals surface area contributed by atoms with E-state index in [2.05, 4.69) is 64.6 Å². The fraction of sp³-hybridized carbons (Fsp3) is 0. The number of fused-ring (bicyclic) bond motifs is 8. The third-order valence-corrected chi connectivity index (χ3v) is 7.08. The molecule has 7 rings (SSSR count). The molecule has 0 spiro atoms. The molecule has 5 heteroatoms. The third-order valence-electron chi connectivity index (χ3n) is 7.08. The van der Waals surface area contributed by atoms with E-state index >= 15 is 0 Å². The number of carbonyl (C=O) groups is 1. The van der Waals surface area contributed by atoms with E-state index in [9.17, 15) is 4.79 Å². The topological polar surface area (TPSA) is 74.4 Å². The van der Waals surface area contributed by atoms with Crippen molar-refractivity contribution in [1.82, 2.24) is 19.9 Å². The highest BCUT2D eigenvalue weighted by Crippen LogP contribution is 2.33. The first-order valence-corrected chi connectivity index (χ1v) is 13.1. The quantitative estimate of drug-likeness (QED) is 0.183. The number of benzene rings is 2. The van der Waals surface area contributed by atoms with Crippen molar-refractivity contribution in [2.45, 2.75) is 0 Å². The van der Waals surface area contributed by atoms with Crippen LogP contribution < -0.4 is 0 Å². The number of H-pyrrole nitrogens is 2. The number of rotatable bonds is 4. The lowest BCUT2D eigenvalue weighted by Gasteiger charge is -2.04. The first-order valence-electron chi connectivity index (χ1n) is 13.1. The van der Waals surface area contributed by atoms with E-state index in [4.69, 9.17) is 9.97 Å². The summed E-state index contributed by atoms with van der Waals surface area (Å²) in [5.41, 5.74) is 12.0. The number of carbonyl (C=O) groups excluding carboxylic acids is 1. The zero-order valence-electron chi connectivity index (χ0n) is 21.5. The molecule has 0 saturated carbocycles. The predicted octanol–water partition coefficient (Wildman–Crippen LogP) is 8.20. The molecule has 5 heterocycles. The number of allylic oxidation sites excluding steroid dienone is 1. The van der Waals surface area contributed by atoms with Gasteiger partial charge in [-0.05, 0) is 77.9 Å². The van der Waals surface area contributed by atoms with Crippen LogP contribution in [0.2, 0.25) is 0 Å². The minimum atomic E-state index is 0.773. The number of aldehydes is 1. The number of hydrogen-bond acceptors (Lipinski definition) is 3. The smallest absolute Gasteiger partial charge is 0.142 e. The number of nitrogens with zero attached hydrogens (tertiary/aromatic N) is 2. The average molecular weight is 517 g/mol. The first-order chi connectivity index (χ1) is 19.8. The molecule has 2 aliphatic rings. The second-order valence-electron chi connectivity index (χ2n) is 9.62. The molecule has 2 aromatic carbocycles. The van der Waals surface area contributed by atoms with Crippen LogP contribution in [0.15, 0.2) is 97.1 Å². The van der Waals surface area contributed by atoms with Crippen molar-refractivity contribution in [3.05, 3.63) is 125 Å². The van der Waals surface area contributed by atoms with Crippen molar-refractivity contribution in [2.75, 3.05) is 0 Å². The van der Waals surface area contributed by atoms with E-state index in [1.807, 2.05) is 66.8 Å². The lowest BCUT2D eigenvalue weighted by Crippen LogP contribution is -1.87. The summed E-state index contributed by atoms with van der Waals surface area (Å²) < 4.78 is 0. The number of hydrogen-bond donors (Lipinski definition) is 2. The van der Waals surface area contributed by atoms with Gasteiger partial charge in [-0.25, -0.2) is 9.97 Å². The van der Waals surface area contributed by atoms with E-state index < -0.39 is 0 Å². The van der Waals surface area contributed by atoms with Crippen LogP contribution in [0, 0.1) is 0 Å². The second kappa shape index (κ2) is 9.97. The Hall–Kier alpha value is -5.55. The van der Waals surface area contributed by atoms with Gasteiger partial charge in [0, 0.05) is 38.8 Å². The summed E-state index contributed by atoms with van der Waals surface area (Å²) in [6.07, 6.45) is 12.2. The molecule has 40 heavy (non-hydrogen) atoms. The van der Waals surface area contributed by atoms with Gasteiger partial charge < -0.3 is 9.97 Å². The van der Waals surface area contributed by atoms with Gasteiger partial charge >= 0.3 is 0 Å². The van der Waals surface area contributed by atoms with Crippen LogP contribution >= 0.6 is 0 Å². The van der Waals surface area contributed by atoms with Gasteiger partial charge in [-0.2, -0.15) is 0 Å². The molecule has 0 radical (unpaired) electrons. The van der Waals surface area contributed by atoms with Gasteiger partial charge in [0.1, 0.15) is 6.29 Å². The van der Waals surface area contributed by atoms with Crippen molar-refractivity contribution in [3.8, 4) is 22.3 Å². The molecular formula is C35H24N4O. The Morgan fingerprint density at radius 1 is 0.575 bits per heavy atom. The maximum Gasteiger partial charge on any atom is 0.142 e. The average Bonchev–Trinajstić information content (AvgIpc) is 3.81. The molecule has 2 N–H and O–H groups in total. The maximum absolute atomic E-state index is 11.4. The van der Waals surface area contributed by atoms with Crippen LogP contribution in [0.5, 0.6) is 0 Å². The normalized spacial score (nSPS) is 12.3. The maximum atomic E-state index is 11.4. The van der Waals surface area contributed by atoms with Gasteiger partial charge in [0.15, 0.2) is 0 Å². The molecule has 2 aliphatic heterocycles. The van der Waals surface area contributed by atoms with Crippen molar-refractivity contribution >= 4 is 58.7 Å². The summed E-state index contributed by atoms with van der Waals surface area (Å²) >= 11 is 0. The Morgan fingerprint density at radius 2 is 1.18 bits per heavy atom. The lowest BCUT2D eigenvalue weighted by molar-refractivity contribution is -0.104. The Kier molecular flexibility index (Phi) is 5.87. The van der Waals surface area contributed by atoms with Crippen LogP contribution in [0.1, 0.15) is 28.3 Å². The van der Waals surface area contributed by atoms with Gasteiger partial charge in [0.25, 0.3) is 0 Å². The van der Waals surface area contributed by atoms with Crippen molar-refractivity contribution in [3.63, 3.8) is 0 Å². The SMILES string of the molecule is O=C/C=C/c1c2nc(c(-c3ccccc3)c3ccc(cc4nc(c(-c5ccccc5)c5ccc1[nH]5)C=C4)[nH]3)C=C2. The first kappa shape index (κ1) is 23.6. The Labute approximate surface area is 230 Å². The minimum absolute atomic E-state index is 0.773. The monoisotopic (exact) mass is 516 g/mol. The summed E-state index contributed by atoms with van der Waals surface area (Å²) in [4.78, 5) is 28.6. The van der Waals surface area contributed by atoms with Crippen molar-refractivity contribution in [2.24, 2.45) is 0 Å². The zero-order valence-corrected chi connectivity index (χ0v) is 21.5. The zero-order chi connectivity index (χ0) is 26.9. The Morgan fingerprint density at radius 3 is 1.90 bits per heavy atom. The van der Waals surface area contributed by atoms with Gasteiger partial charge in [0.05, 0.1) is 22.8 Å². The van der Waals surface area contributed by atoms with E-state index in [1.165, 1.54) is 6.08 Å². The summed E-state index contributed by atoms with van der Waals surface area (Å²) in [6, 6.07) is 30.8. The molecule has 8 bridgehead atoms. The van der Waals surface area contributed by atoms with E-state index in [-0.39, 0.29) is 0 Å². The second-order valence-corrected chi connectivity index (χ2v) is 9.62.